The molecule has 1 aromatic carbocycles. The van der Waals surface area contributed by atoms with Gasteiger partial charge in [-0.25, -0.2) is 9.59 Å². The Balaban J connectivity index is 2.45. The van der Waals surface area contributed by atoms with Crippen molar-refractivity contribution in [3.8, 4) is 0 Å². The summed E-state index contributed by atoms with van der Waals surface area (Å²) in [6.45, 7) is 1.45. The molecule has 124 valence electrons. The number of nitrogens with zero attached hydrogens (tertiary/aromatic N) is 1. The van der Waals surface area contributed by atoms with Crippen molar-refractivity contribution in [2.24, 2.45) is 5.16 Å². The molecule has 0 spiro atoms. The lowest BCUT2D eigenvalue weighted by molar-refractivity contribution is -0.136. The fourth-order valence-corrected chi connectivity index (χ4v) is 1.53. The molecule has 1 aromatic rings. The van der Waals surface area contributed by atoms with Gasteiger partial charge >= 0.3 is 11.9 Å². The second-order valence-electron chi connectivity index (χ2n) is 4.05. The van der Waals surface area contributed by atoms with Crippen molar-refractivity contribution in [1.82, 2.24) is 0 Å². The molecule has 0 fully saturated rings. The van der Waals surface area contributed by atoms with Crippen LogP contribution in [0.3, 0.4) is 0 Å². The third-order valence-corrected chi connectivity index (χ3v) is 2.67. The van der Waals surface area contributed by atoms with E-state index in [4.69, 9.17) is 21.2 Å². The Kier molecular flexibility index (Phi) is 8.38. The maximum atomic E-state index is 11.6. The summed E-state index contributed by atoms with van der Waals surface area (Å²) >= 11 is 5.38. The zero-order chi connectivity index (χ0) is 17.1. The second-order valence-corrected chi connectivity index (χ2v) is 4.32. The molecule has 0 amide bonds. The summed E-state index contributed by atoms with van der Waals surface area (Å²) in [5.41, 5.74) is -0.128. The van der Waals surface area contributed by atoms with Gasteiger partial charge in [0.05, 0.1) is 18.1 Å². The molecule has 0 bridgehead atoms. The molecule has 23 heavy (non-hydrogen) atoms. The summed E-state index contributed by atoms with van der Waals surface area (Å²) in [6, 6.07) is 8.42. The smallest absolute Gasteiger partial charge is 0.364 e. The lowest BCUT2D eigenvalue weighted by Crippen LogP contribution is -2.28. The van der Waals surface area contributed by atoms with Gasteiger partial charge in [0.2, 0.25) is 11.5 Å². The monoisotopic (exact) mass is 341 g/mol. The van der Waals surface area contributed by atoms with E-state index in [1.54, 1.807) is 37.3 Å². The number of ether oxygens (including phenoxy) is 2. The Labute approximate surface area is 138 Å². The average molecular weight is 342 g/mol. The molecule has 0 aromatic heterocycles. The van der Waals surface area contributed by atoms with Crippen molar-refractivity contribution in [3.63, 3.8) is 0 Å². The normalized spacial score (nSPS) is 10.8. The largest absolute Gasteiger partial charge is 0.461 e. The number of ketones is 1. The topological polar surface area (TPSA) is 91.3 Å². The third-order valence-electron chi connectivity index (χ3n) is 2.43. The van der Waals surface area contributed by atoms with Gasteiger partial charge in [-0.2, -0.15) is 0 Å². The van der Waals surface area contributed by atoms with Crippen LogP contribution in [0.15, 0.2) is 35.5 Å². The molecular weight excluding hydrogens is 326 g/mol. The summed E-state index contributed by atoms with van der Waals surface area (Å²) in [6.07, 6.45) is 0. The predicted octanol–water partition coefficient (Wildman–Crippen LogP) is 1.59. The third kappa shape index (κ3) is 6.48. The van der Waals surface area contributed by atoms with E-state index >= 15 is 0 Å². The SMILES string of the molecule is CCOC(=O)/C(=N\OCCOC(=O)c1ccccc1)C(=O)CCl. The average Bonchev–Trinajstić information content (AvgIpc) is 2.58. The van der Waals surface area contributed by atoms with Crippen LogP contribution in [0.4, 0.5) is 0 Å². The van der Waals surface area contributed by atoms with Crippen LogP contribution < -0.4 is 0 Å². The summed E-state index contributed by atoms with van der Waals surface area (Å²) in [4.78, 5) is 39.4. The van der Waals surface area contributed by atoms with Crippen LogP contribution in [-0.4, -0.2) is 49.1 Å². The number of Topliss-reactive ketones (excluding diaryl/α,β-unsaturated/α-hetero) is 1. The second kappa shape index (κ2) is 10.3. The first-order chi connectivity index (χ1) is 11.1. The first-order valence-corrected chi connectivity index (χ1v) is 7.32. The molecule has 0 unspecified atom stereocenters. The summed E-state index contributed by atoms with van der Waals surface area (Å²) in [5, 5.41) is 3.40. The van der Waals surface area contributed by atoms with Gasteiger partial charge in [-0.3, -0.25) is 4.79 Å². The number of oxime groups is 1. The standard InChI is InChI=1S/C15H16ClNO6/c1-2-21-15(20)13(12(18)10-16)17-23-9-8-22-14(19)11-6-4-3-5-7-11/h3-7H,2,8-10H2,1H3/b17-13-. The van der Waals surface area contributed by atoms with Crippen LogP contribution in [0, 0.1) is 0 Å². The molecule has 0 N–H and O–H groups in total. The Morgan fingerprint density at radius 2 is 1.78 bits per heavy atom. The Hall–Kier alpha value is -2.41. The number of hydrogen-bond acceptors (Lipinski definition) is 7. The van der Waals surface area contributed by atoms with Crippen LogP contribution in [0.1, 0.15) is 17.3 Å². The highest BCUT2D eigenvalue weighted by atomic mass is 35.5. The van der Waals surface area contributed by atoms with E-state index in [0.29, 0.717) is 5.56 Å². The number of alkyl halides is 1. The van der Waals surface area contributed by atoms with Gasteiger partial charge in [0.15, 0.2) is 6.61 Å². The minimum Gasteiger partial charge on any atom is -0.461 e. The summed E-state index contributed by atoms with van der Waals surface area (Å²) < 4.78 is 9.61. The first kappa shape index (κ1) is 18.6. The van der Waals surface area contributed by atoms with Gasteiger partial charge in [-0.1, -0.05) is 23.4 Å². The predicted molar refractivity (Wildman–Crippen MR) is 82.5 cm³/mol. The summed E-state index contributed by atoms with van der Waals surface area (Å²) in [5.74, 6) is -2.57. The molecule has 0 heterocycles. The van der Waals surface area contributed by atoms with E-state index in [1.807, 2.05) is 0 Å². The molecule has 8 heteroatoms. The highest BCUT2D eigenvalue weighted by Crippen LogP contribution is 2.01. The minimum atomic E-state index is -0.917. The number of benzene rings is 1. The van der Waals surface area contributed by atoms with Crippen LogP contribution in [0.5, 0.6) is 0 Å². The van der Waals surface area contributed by atoms with Crippen molar-refractivity contribution in [2.75, 3.05) is 25.7 Å². The molecule has 0 aliphatic carbocycles. The van der Waals surface area contributed by atoms with E-state index in [-0.39, 0.29) is 19.8 Å². The number of carbonyl (C=O) groups is 3. The number of hydrogen-bond donors (Lipinski definition) is 0. The van der Waals surface area contributed by atoms with E-state index < -0.39 is 29.3 Å². The van der Waals surface area contributed by atoms with Gasteiger partial charge in [-0.15, -0.1) is 11.6 Å². The maximum Gasteiger partial charge on any atom is 0.364 e. The first-order valence-electron chi connectivity index (χ1n) is 6.78. The molecule has 0 aliphatic rings. The fourth-order valence-electron chi connectivity index (χ4n) is 1.40. The molecule has 0 saturated carbocycles. The molecular formula is C15H16ClNO6. The van der Waals surface area contributed by atoms with Crippen LogP contribution in [0.2, 0.25) is 0 Å². The van der Waals surface area contributed by atoms with E-state index in [1.165, 1.54) is 0 Å². The molecule has 0 atom stereocenters. The fraction of sp³-hybridized carbons (Fsp3) is 0.333. The summed E-state index contributed by atoms with van der Waals surface area (Å²) in [7, 11) is 0. The maximum absolute atomic E-state index is 11.6. The number of esters is 2. The van der Waals surface area contributed by atoms with Gasteiger partial charge in [-0.05, 0) is 19.1 Å². The Morgan fingerprint density at radius 1 is 1.09 bits per heavy atom. The zero-order valence-corrected chi connectivity index (χ0v) is 13.2. The van der Waals surface area contributed by atoms with Crippen LogP contribution in [-0.2, 0) is 23.9 Å². The molecule has 0 saturated heterocycles. The van der Waals surface area contributed by atoms with E-state index in [2.05, 4.69) is 9.89 Å². The zero-order valence-electron chi connectivity index (χ0n) is 12.5. The Morgan fingerprint density at radius 3 is 2.39 bits per heavy atom. The number of carbonyl (C=O) groups excluding carboxylic acids is 3. The quantitative estimate of drug-likeness (QED) is 0.169. The van der Waals surface area contributed by atoms with E-state index in [9.17, 15) is 14.4 Å². The minimum absolute atomic E-state index is 0.0854. The van der Waals surface area contributed by atoms with E-state index in [0.717, 1.165) is 0 Å². The Bertz CT molecular complexity index is 573. The van der Waals surface area contributed by atoms with Crippen LogP contribution >= 0.6 is 11.6 Å². The van der Waals surface area contributed by atoms with Gasteiger partial charge in [0.1, 0.15) is 6.61 Å². The lowest BCUT2D eigenvalue weighted by Gasteiger charge is -2.05. The molecule has 1 rings (SSSR count). The number of rotatable bonds is 9. The molecule has 0 aliphatic heterocycles. The van der Waals surface area contributed by atoms with Gasteiger partial charge in [0, 0.05) is 0 Å². The highest BCUT2D eigenvalue weighted by Gasteiger charge is 2.22. The van der Waals surface area contributed by atoms with Gasteiger partial charge < -0.3 is 14.3 Å². The number of halogens is 1. The van der Waals surface area contributed by atoms with Crippen molar-refractivity contribution in [2.45, 2.75) is 6.92 Å². The van der Waals surface area contributed by atoms with Crippen molar-refractivity contribution in [1.29, 1.82) is 0 Å². The molecule has 0 radical (unpaired) electrons. The van der Waals surface area contributed by atoms with Crippen molar-refractivity contribution in [3.05, 3.63) is 35.9 Å². The van der Waals surface area contributed by atoms with Crippen molar-refractivity contribution < 1.29 is 28.7 Å². The van der Waals surface area contributed by atoms with Crippen LogP contribution in [0.25, 0.3) is 0 Å². The van der Waals surface area contributed by atoms with Gasteiger partial charge in [0.25, 0.3) is 0 Å². The molecule has 7 nitrogen and oxygen atoms in total. The van der Waals surface area contributed by atoms with Crippen molar-refractivity contribution >= 4 is 35.0 Å². The highest BCUT2D eigenvalue weighted by molar-refractivity contribution is 6.67. The lowest BCUT2D eigenvalue weighted by atomic mass is 10.2.